The van der Waals surface area contributed by atoms with Crippen molar-refractivity contribution in [3.8, 4) is 0 Å². The van der Waals surface area contributed by atoms with Gasteiger partial charge in [-0.1, -0.05) is 30.0 Å². The third-order valence-corrected chi connectivity index (χ3v) is 6.35. The van der Waals surface area contributed by atoms with Gasteiger partial charge in [0.25, 0.3) is 0 Å². The average Bonchev–Trinajstić information content (AvgIpc) is 3.23. The minimum Gasteiger partial charge on any atom is -0.342 e. The summed E-state index contributed by atoms with van der Waals surface area (Å²) in [5.74, 6) is 1.30. The zero-order valence-electron chi connectivity index (χ0n) is 13.5. The van der Waals surface area contributed by atoms with Crippen LogP contribution in [0.5, 0.6) is 0 Å². The van der Waals surface area contributed by atoms with E-state index in [0.717, 1.165) is 49.0 Å². The zero-order valence-corrected chi connectivity index (χ0v) is 15.2. The predicted molar refractivity (Wildman–Crippen MR) is 91.8 cm³/mol. The van der Waals surface area contributed by atoms with Crippen molar-refractivity contribution in [2.45, 2.75) is 49.9 Å². The second kappa shape index (κ2) is 7.17. The molecule has 1 aromatic rings. The van der Waals surface area contributed by atoms with E-state index in [1.807, 2.05) is 4.90 Å². The first-order chi connectivity index (χ1) is 11.0. The van der Waals surface area contributed by atoms with Crippen molar-refractivity contribution < 1.29 is 9.59 Å². The van der Waals surface area contributed by atoms with Gasteiger partial charge in [-0.3, -0.25) is 14.5 Å². The molecule has 1 saturated carbocycles. The van der Waals surface area contributed by atoms with Gasteiger partial charge in [-0.25, -0.2) is 0 Å². The fourth-order valence-electron chi connectivity index (χ4n) is 2.71. The van der Waals surface area contributed by atoms with Crippen LogP contribution in [0.2, 0.25) is 0 Å². The van der Waals surface area contributed by atoms with Crippen LogP contribution in [0.15, 0.2) is 4.34 Å². The molecule has 0 spiro atoms. The number of hydrogen-bond acceptors (Lipinski definition) is 6. The predicted octanol–water partition coefficient (Wildman–Crippen LogP) is 2.40. The first-order valence-corrected chi connectivity index (χ1v) is 9.88. The van der Waals surface area contributed by atoms with E-state index in [0.29, 0.717) is 10.9 Å². The van der Waals surface area contributed by atoms with E-state index in [9.17, 15) is 9.59 Å². The number of likely N-dealkylation sites (tertiary alicyclic amines) is 1. The molecular weight excluding hydrogens is 332 g/mol. The molecule has 1 aliphatic carbocycles. The Morgan fingerprint density at radius 1 is 1.26 bits per heavy atom. The molecule has 3 rings (SSSR count). The van der Waals surface area contributed by atoms with Gasteiger partial charge in [0, 0.05) is 26.1 Å². The Bertz CT molecular complexity index is 580. The number of piperidine rings is 1. The van der Waals surface area contributed by atoms with E-state index >= 15 is 0 Å². The molecule has 0 atom stereocenters. The number of anilines is 1. The smallest absolute Gasteiger partial charge is 0.233 e. The van der Waals surface area contributed by atoms with Crippen molar-refractivity contribution >= 4 is 40.0 Å². The van der Waals surface area contributed by atoms with Crippen molar-refractivity contribution in [2.24, 2.45) is 5.92 Å². The van der Waals surface area contributed by atoms with E-state index in [4.69, 9.17) is 0 Å². The minimum atomic E-state index is 0.0127. The van der Waals surface area contributed by atoms with Gasteiger partial charge in [0.1, 0.15) is 0 Å². The molecule has 6 nitrogen and oxygen atoms in total. The van der Waals surface area contributed by atoms with Crippen molar-refractivity contribution in [1.82, 2.24) is 15.1 Å². The Labute approximate surface area is 144 Å². The summed E-state index contributed by atoms with van der Waals surface area (Å²) in [5, 5.41) is 8.91. The normalized spacial score (nSPS) is 19.0. The Morgan fingerprint density at radius 2 is 1.96 bits per heavy atom. The highest BCUT2D eigenvalue weighted by atomic mass is 32.2. The standard InChI is InChI=1S/C15H22N4O2S2/c1-10-5-7-18(8-6-10)13(21)9-22-15-17-16-14(23-15)19(11(2)20)12-3-4-12/h10,12H,3-9H2,1-2H3. The summed E-state index contributed by atoms with van der Waals surface area (Å²) in [5.41, 5.74) is 0. The van der Waals surface area contributed by atoms with Crippen molar-refractivity contribution in [1.29, 1.82) is 0 Å². The molecule has 23 heavy (non-hydrogen) atoms. The van der Waals surface area contributed by atoms with Gasteiger partial charge in [-0.15, -0.1) is 10.2 Å². The number of rotatable bonds is 5. The zero-order chi connectivity index (χ0) is 16.4. The van der Waals surface area contributed by atoms with Crippen molar-refractivity contribution in [3.05, 3.63) is 0 Å². The van der Waals surface area contributed by atoms with Crippen LogP contribution >= 0.6 is 23.1 Å². The number of carbonyl (C=O) groups is 2. The van der Waals surface area contributed by atoms with Gasteiger partial charge in [-0.2, -0.15) is 0 Å². The summed E-state index contributed by atoms with van der Waals surface area (Å²) < 4.78 is 0.755. The van der Waals surface area contributed by atoms with Gasteiger partial charge in [0.05, 0.1) is 5.75 Å². The lowest BCUT2D eigenvalue weighted by atomic mass is 9.99. The van der Waals surface area contributed by atoms with Crippen LogP contribution in [-0.2, 0) is 9.59 Å². The lowest BCUT2D eigenvalue weighted by Gasteiger charge is -2.30. The highest BCUT2D eigenvalue weighted by Crippen LogP contribution is 2.35. The fourth-order valence-corrected chi connectivity index (χ4v) is 4.57. The molecule has 0 aromatic carbocycles. The van der Waals surface area contributed by atoms with E-state index in [-0.39, 0.29) is 17.9 Å². The molecule has 2 amide bonds. The topological polar surface area (TPSA) is 66.4 Å². The Kier molecular flexibility index (Phi) is 5.21. The number of aromatic nitrogens is 2. The number of thioether (sulfide) groups is 1. The molecule has 0 unspecified atom stereocenters. The highest BCUT2D eigenvalue weighted by Gasteiger charge is 2.34. The van der Waals surface area contributed by atoms with E-state index in [1.165, 1.54) is 23.1 Å². The minimum absolute atomic E-state index is 0.0127. The maximum atomic E-state index is 12.2. The van der Waals surface area contributed by atoms with Crippen LogP contribution in [-0.4, -0.2) is 51.8 Å². The summed E-state index contributed by atoms with van der Waals surface area (Å²) in [6, 6.07) is 0.287. The van der Waals surface area contributed by atoms with Crippen molar-refractivity contribution in [3.63, 3.8) is 0 Å². The van der Waals surface area contributed by atoms with Gasteiger partial charge in [-0.05, 0) is 31.6 Å². The van der Waals surface area contributed by atoms with Crippen LogP contribution in [0.3, 0.4) is 0 Å². The summed E-state index contributed by atoms with van der Waals surface area (Å²) in [6.07, 6.45) is 4.25. The number of amides is 2. The van der Waals surface area contributed by atoms with Crippen LogP contribution in [0.1, 0.15) is 39.5 Å². The summed E-state index contributed by atoms with van der Waals surface area (Å²) in [4.78, 5) is 27.7. The Balaban J connectivity index is 1.53. The fraction of sp³-hybridized carbons (Fsp3) is 0.733. The van der Waals surface area contributed by atoms with E-state index in [2.05, 4.69) is 17.1 Å². The first kappa shape index (κ1) is 16.7. The van der Waals surface area contributed by atoms with Crippen molar-refractivity contribution in [2.75, 3.05) is 23.7 Å². The quantitative estimate of drug-likeness (QED) is 0.600. The third kappa shape index (κ3) is 4.23. The average molecular weight is 355 g/mol. The number of hydrogen-bond donors (Lipinski definition) is 0. The molecule has 1 aliphatic heterocycles. The van der Waals surface area contributed by atoms with Gasteiger partial charge < -0.3 is 4.90 Å². The molecule has 0 N–H and O–H groups in total. The second-order valence-electron chi connectivity index (χ2n) is 6.32. The Morgan fingerprint density at radius 3 is 2.57 bits per heavy atom. The van der Waals surface area contributed by atoms with E-state index in [1.54, 1.807) is 11.8 Å². The number of nitrogens with zero attached hydrogens (tertiary/aromatic N) is 4. The summed E-state index contributed by atoms with van der Waals surface area (Å²) in [6.45, 7) is 5.52. The lowest BCUT2D eigenvalue weighted by Crippen LogP contribution is -2.38. The van der Waals surface area contributed by atoms with Crippen LogP contribution in [0.4, 0.5) is 5.13 Å². The summed E-state index contributed by atoms with van der Waals surface area (Å²) in [7, 11) is 0. The molecule has 2 heterocycles. The van der Waals surface area contributed by atoms with E-state index < -0.39 is 0 Å². The van der Waals surface area contributed by atoms with Crippen LogP contribution in [0, 0.1) is 5.92 Å². The second-order valence-corrected chi connectivity index (χ2v) is 8.50. The molecule has 2 fully saturated rings. The molecule has 2 aliphatic rings. The highest BCUT2D eigenvalue weighted by molar-refractivity contribution is 8.01. The summed E-state index contributed by atoms with van der Waals surface area (Å²) >= 11 is 2.82. The lowest BCUT2D eigenvalue weighted by molar-refractivity contribution is -0.129. The van der Waals surface area contributed by atoms with Gasteiger partial charge >= 0.3 is 0 Å². The van der Waals surface area contributed by atoms with Gasteiger partial charge in [0.2, 0.25) is 16.9 Å². The maximum absolute atomic E-state index is 12.2. The van der Waals surface area contributed by atoms with Crippen LogP contribution in [0.25, 0.3) is 0 Å². The first-order valence-electron chi connectivity index (χ1n) is 8.08. The maximum Gasteiger partial charge on any atom is 0.233 e. The molecule has 8 heteroatoms. The van der Waals surface area contributed by atoms with Crippen LogP contribution < -0.4 is 4.90 Å². The molecule has 1 aromatic heterocycles. The molecule has 0 radical (unpaired) electrons. The number of carbonyl (C=O) groups excluding carboxylic acids is 2. The third-order valence-electron chi connectivity index (χ3n) is 4.31. The molecule has 1 saturated heterocycles. The van der Waals surface area contributed by atoms with Gasteiger partial charge in [0.15, 0.2) is 4.34 Å². The largest absolute Gasteiger partial charge is 0.342 e. The molecular formula is C15H22N4O2S2. The molecule has 0 bridgehead atoms. The monoisotopic (exact) mass is 354 g/mol. The SMILES string of the molecule is CC(=O)N(c1nnc(SCC(=O)N2CCC(C)CC2)s1)C1CC1. The Hall–Kier alpha value is -1.15. The molecule has 126 valence electrons.